The Morgan fingerprint density at radius 2 is 1.68 bits per heavy atom. The maximum absolute atomic E-state index is 11.3. The molecule has 0 heterocycles. The summed E-state index contributed by atoms with van der Waals surface area (Å²) in [6, 6.07) is 0.286. The molecule has 4 heteroatoms. The molecule has 0 aliphatic rings. The third-order valence-electron chi connectivity index (χ3n) is 2.05. The predicted molar refractivity (Wildman–Crippen MR) is 86.0 cm³/mol. The van der Waals surface area contributed by atoms with Crippen LogP contribution in [0.5, 0.6) is 0 Å². The van der Waals surface area contributed by atoms with Crippen molar-refractivity contribution in [3.8, 4) is 0 Å². The molecule has 1 unspecified atom stereocenters. The van der Waals surface area contributed by atoms with Gasteiger partial charge in [-0.25, -0.2) is 0 Å². The minimum atomic E-state index is -0.0437. The van der Waals surface area contributed by atoms with Crippen molar-refractivity contribution in [3.63, 3.8) is 0 Å². The van der Waals surface area contributed by atoms with E-state index in [2.05, 4.69) is 17.2 Å². The molecular weight excluding hydrogens is 238 g/mol. The summed E-state index contributed by atoms with van der Waals surface area (Å²) in [5.74, 6) is 0.668. The van der Waals surface area contributed by atoms with Crippen molar-refractivity contribution in [1.82, 2.24) is 10.6 Å². The molecule has 0 saturated carbocycles. The van der Waals surface area contributed by atoms with Gasteiger partial charge in [0.1, 0.15) is 5.78 Å². The van der Waals surface area contributed by atoms with E-state index in [0.29, 0.717) is 11.9 Å². The number of nitrogens with one attached hydrogen (secondary N) is 2. The van der Waals surface area contributed by atoms with Crippen molar-refractivity contribution >= 4 is 5.78 Å². The average molecular weight is 273 g/mol. The molecule has 19 heavy (non-hydrogen) atoms. The molecular formula is C15H35N3O. The van der Waals surface area contributed by atoms with E-state index in [1.54, 1.807) is 6.92 Å². The van der Waals surface area contributed by atoms with Gasteiger partial charge in [0.25, 0.3) is 0 Å². The lowest BCUT2D eigenvalue weighted by atomic mass is 10.1. The van der Waals surface area contributed by atoms with E-state index in [1.165, 1.54) is 0 Å². The van der Waals surface area contributed by atoms with Crippen molar-refractivity contribution < 1.29 is 4.79 Å². The first kappa shape index (κ1) is 23.1. The molecule has 0 aliphatic heterocycles. The molecule has 0 fully saturated rings. The topological polar surface area (TPSA) is 67.2 Å². The van der Waals surface area contributed by atoms with Gasteiger partial charge in [0.15, 0.2) is 0 Å². The summed E-state index contributed by atoms with van der Waals surface area (Å²) in [6.45, 7) is 18.0. The number of hydrogen-bond donors (Lipinski definition) is 3. The zero-order valence-electron chi connectivity index (χ0n) is 14.0. The van der Waals surface area contributed by atoms with E-state index in [9.17, 15) is 4.79 Å². The van der Waals surface area contributed by atoms with Crippen LogP contribution in [0.2, 0.25) is 0 Å². The smallest absolute Gasteiger partial charge is 0.146 e. The van der Waals surface area contributed by atoms with Crippen LogP contribution in [0.3, 0.4) is 0 Å². The monoisotopic (exact) mass is 273 g/mol. The average Bonchev–Trinajstić information content (AvgIpc) is 2.37. The lowest BCUT2D eigenvalue weighted by molar-refractivity contribution is -0.119. The van der Waals surface area contributed by atoms with Gasteiger partial charge in [0.05, 0.1) is 11.9 Å². The molecule has 0 bridgehead atoms. The number of carbonyl (C=O) groups excluding carboxylic acids is 1. The van der Waals surface area contributed by atoms with E-state index < -0.39 is 0 Å². The second-order valence-corrected chi connectivity index (χ2v) is 4.08. The highest BCUT2D eigenvalue weighted by Crippen LogP contribution is 2.00. The maximum Gasteiger partial charge on any atom is 0.146 e. The van der Waals surface area contributed by atoms with E-state index in [0.717, 1.165) is 19.4 Å². The summed E-state index contributed by atoms with van der Waals surface area (Å²) in [4.78, 5) is 11.3. The Bertz CT molecular complexity index is 215. The Morgan fingerprint density at radius 1 is 1.21 bits per heavy atom. The summed E-state index contributed by atoms with van der Waals surface area (Å²) in [6.07, 6.45) is 1.73. The fourth-order valence-electron chi connectivity index (χ4n) is 1.36. The Labute approximate surface area is 120 Å². The van der Waals surface area contributed by atoms with Crippen molar-refractivity contribution in [2.45, 2.75) is 73.4 Å². The number of Topliss-reactive ketones (excluding diaryl/α,β-unsaturated/α-hetero) is 1. The van der Waals surface area contributed by atoms with Crippen LogP contribution in [0.15, 0.2) is 12.4 Å². The first-order valence-electron chi connectivity index (χ1n) is 7.38. The Morgan fingerprint density at radius 3 is 2.00 bits per heavy atom. The van der Waals surface area contributed by atoms with Gasteiger partial charge in [-0.05, 0) is 19.8 Å². The van der Waals surface area contributed by atoms with Gasteiger partial charge >= 0.3 is 0 Å². The zero-order valence-corrected chi connectivity index (χ0v) is 14.0. The quantitative estimate of drug-likeness (QED) is 0.595. The molecule has 0 amide bonds. The Kier molecular flexibility index (Phi) is 20.6. The van der Waals surface area contributed by atoms with E-state index in [-0.39, 0.29) is 11.8 Å². The summed E-state index contributed by atoms with van der Waals surface area (Å²) >= 11 is 0. The molecule has 4 N–H and O–H groups in total. The predicted octanol–water partition coefficient (Wildman–Crippen LogP) is 2.79. The fraction of sp³-hybridized carbons (Fsp3) is 0.800. The molecule has 0 aromatic rings. The highest BCUT2D eigenvalue weighted by Gasteiger charge is 2.13. The minimum Gasteiger partial charge on any atom is -0.386 e. The van der Waals surface area contributed by atoms with Crippen molar-refractivity contribution in [1.29, 1.82) is 0 Å². The Hall–Kier alpha value is -1.03. The number of hydrogen-bond acceptors (Lipinski definition) is 4. The van der Waals surface area contributed by atoms with Crippen LogP contribution in [0, 0.1) is 0 Å². The standard InChI is InChI=1S/C11H23N3O.2C2H6/c1-8(2)14-11(9(3)15)6-5-7-13-10(4)12;2*1-2/h8,11,13-14H,4-7,12H2,1-3H3;2*1-2H3. The molecule has 0 rings (SSSR count). The van der Waals surface area contributed by atoms with Crippen molar-refractivity contribution in [3.05, 3.63) is 12.4 Å². The van der Waals surface area contributed by atoms with Gasteiger partial charge in [-0.3, -0.25) is 4.79 Å². The van der Waals surface area contributed by atoms with Crippen LogP contribution in [0.4, 0.5) is 0 Å². The first-order valence-corrected chi connectivity index (χ1v) is 7.38. The van der Waals surface area contributed by atoms with E-state index in [1.807, 2.05) is 41.5 Å². The third kappa shape index (κ3) is 19.5. The van der Waals surface area contributed by atoms with Crippen LogP contribution in [0.25, 0.3) is 0 Å². The lowest BCUT2D eigenvalue weighted by Crippen LogP contribution is -2.40. The number of nitrogens with two attached hydrogens (primary N) is 1. The second kappa shape index (κ2) is 17.0. The van der Waals surface area contributed by atoms with Crippen LogP contribution >= 0.6 is 0 Å². The van der Waals surface area contributed by atoms with Gasteiger partial charge < -0.3 is 16.4 Å². The number of rotatable bonds is 8. The highest BCUT2D eigenvalue weighted by atomic mass is 16.1. The van der Waals surface area contributed by atoms with E-state index in [4.69, 9.17) is 5.73 Å². The summed E-state index contributed by atoms with van der Waals surface area (Å²) in [5, 5.41) is 6.17. The van der Waals surface area contributed by atoms with E-state index >= 15 is 0 Å². The summed E-state index contributed by atoms with van der Waals surface area (Å²) in [7, 11) is 0. The molecule has 0 saturated heterocycles. The molecule has 0 spiro atoms. The number of carbonyl (C=O) groups is 1. The molecule has 116 valence electrons. The van der Waals surface area contributed by atoms with Crippen LogP contribution in [-0.2, 0) is 4.79 Å². The van der Waals surface area contributed by atoms with Crippen LogP contribution in [0.1, 0.15) is 61.3 Å². The van der Waals surface area contributed by atoms with Gasteiger partial charge in [-0.15, -0.1) is 0 Å². The molecule has 0 aromatic carbocycles. The van der Waals surface area contributed by atoms with Gasteiger partial charge in [0, 0.05) is 12.6 Å². The first-order chi connectivity index (χ1) is 8.93. The SMILES string of the molecule is C=C(N)NCCCC(NC(C)C)C(C)=O.CC.CC. The molecule has 0 radical (unpaired) electrons. The molecule has 0 aliphatic carbocycles. The molecule has 4 nitrogen and oxygen atoms in total. The van der Waals surface area contributed by atoms with Crippen LogP contribution < -0.4 is 16.4 Å². The summed E-state index contributed by atoms with van der Waals surface area (Å²) < 4.78 is 0. The van der Waals surface area contributed by atoms with Crippen molar-refractivity contribution in [2.75, 3.05) is 6.54 Å². The lowest BCUT2D eigenvalue weighted by Gasteiger charge is -2.18. The molecule has 1 atom stereocenters. The second-order valence-electron chi connectivity index (χ2n) is 4.08. The fourth-order valence-corrected chi connectivity index (χ4v) is 1.36. The highest BCUT2D eigenvalue weighted by molar-refractivity contribution is 5.81. The van der Waals surface area contributed by atoms with Crippen LogP contribution in [-0.4, -0.2) is 24.4 Å². The third-order valence-corrected chi connectivity index (χ3v) is 2.05. The van der Waals surface area contributed by atoms with Gasteiger partial charge in [-0.2, -0.15) is 0 Å². The summed E-state index contributed by atoms with van der Waals surface area (Å²) in [5.41, 5.74) is 5.36. The van der Waals surface area contributed by atoms with Gasteiger partial charge in [-0.1, -0.05) is 48.1 Å². The normalized spacial score (nSPS) is 10.5. The maximum atomic E-state index is 11.3. The Balaban J connectivity index is -0.000000579. The van der Waals surface area contributed by atoms with Crippen molar-refractivity contribution in [2.24, 2.45) is 5.73 Å². The zero-order chi connectivity index (χ0) is 15.8. The minimum absolute atomic E-state index is 0.0437. The largest absolute Gasteiger partial charge is 0.386 e. The number of ketones is 1. The van der Waals surface area contributed by atoms with Gasteiger partial charge in [0.2, 0.25) is 0 Å². The molecule has 0 aromatic heterocycles.